The number of carbonyl (C=O) groups is 1. The molecule has 5 nitrogen and oxygen atoms in total. The first-order valence-electron chi connectivity index (χ1n) is 10.2. The minimum Gasteiger partial charge on any atom is -0.456 e. The largest absolute Gasteiger partial charge is 0.456 e. The number of nitrogens with zero attached hydrogens (tertiary/aromatic N) is 3. The minimum atomic E-state index is -0.670. The molecule has 1 aliphatic carbocycles. The molecule has 0 N–H and O–H groups in total. The molecule has 0 radical (unpaired) electrons. The van der Waals surface area contributed by atoms with Gasteiger partial charge in [0.25, 0.3) is 0 Å². The first kappa shape index (κ1) is 18.1. The third-order valence-electron chi connectivity index (χ3n) is 6.56. The summed E-state index contributed by atoms with van der Waals surface area (Å²) in [6.07, 6.45) is 4.56. The van der Waals surface area contributed by atoms with Crippen LogP contribution in [0.2, 0.25) is 0 Å². The first-order chi connectivity index (χ1) is 13.6. The Morgan fingerprint density at radius 3 is 2.61 bits per heavy atom. The maximum absolute atomic E-state index is 14.0. The zero-order valence-corrected chi connectivity index (χ0v) is 15.9. The number of fused-ring (bicyclic) bond motifs is 3. The normalized spacial score (nSPS) is 21.7. The van der Waals surface area contributed by atoms with Crippen molar-refractivity contribution in [2.24, 2.45) is 0 Å². The second-order valence-electron chi connectivity index (χ2n) is 8.23. The van der Waals surface area contributed by atoms with E-state index < -0.39 is 11.6 Å². The molecule has 1 saturated heterocycles. The highest BCUT2D eigenvalue weighted by Crippen LogP contribution is 2.32. The van der Waals surface area contributed by atoms with E-state index in [-0.39, 0.29) is 11.5 Å². The van der Waals surface area contributed by atoms with Gasteiger partial charge in [-0.15, -0.1) is 0 Å². The highest BCUT2D eigenvalue weighted by Gasteiger charge is 2.31. The molecule has 3 aliphatic rings. The molecule has 2 aromatic rings. The van der Waals surface area contributed by atoms with Crippen molar-refractivity contribution < 1.29 is 18.0 Å². The molecule has 0 bridgehead atoms. The Kier molecular flexibility index (Phi) is 4.59. The van der Waals surface area contributed by atoms with E-state index in [1.165, 1.54) is 25.3 Å². The van der Waals surface area contributed by atoms with Gasteiger partial charge in [-0.05, 0) is 25.3 Å². The van der Waals surface area contributed by atoms with Gasteiger partial charge in [0.05, 0.1) is 13.1 Å². The predicted octanol–water partition coefficient (Wildman–Crippen LogP) is 2.77. The fourth-order valence-corrected chi connectivity index (χ4v) is 4.69. The lowest BCUT2D eigenvalue weighted by Crippen LogP contribution is -2.55. The molecule has 7 heteroatoms. The van der Waals surface area contributed by atoms with Gasteiger partial charge < -0.3 is 9.32 Å². The van der Waals surface area contributed by atoms with E-state index >= 15 is 0 Å². The Balaban J connectivity index is 1.22. The molecule has 0 unspecified atom stereocenters. The molecule has 1 aromatic heterocycles. The molecule has 2 fully saturated rings. The number of piperazine rings is 1. The zero-order valence-electron chi connectivity index (χ0n) is 15.9. The van der Waals surface area contributed by atoms with E-state index in [9.17, 15) is 13.6 Å². The summed E-state index contributed by atoms with van der Waals surface area (Å²) in [6.45, 7) is 5.01. The molecule has 5 rings (SSSR count). The summed E-state index contributed by atoms with van der Waals surface area (Å²) in [7, 11) is 0. The number of furan rings is 1. The molecule has 2 aliphatic heterocycles. The van der Waals surface area contributed by atoms with Crippen molar-refractivity contribution in [1.82, 2.24) is 14.7 Å². The number of carbonyl (C=O) groups excluding carboxylic acids is 1. The van der Waals surface area contributed by atoms with Gasteiger partial charge in [0.2, 0.25) is 5.91 Å². The Morgan fingerprint density at radius 1 is 1.11 bits per heavy atom. The van der Waals surface area contributed by atoms with Gasteiger partial charge in [0.15, 0.2) is 11.4 Å². The van der Waals surface area contributed by atoms with E-state index in [1.54, 1.807) is 0 Å². The lowest BCUT2D eigenvalue weighted by atomic mass is 9.91. The zero-order chi connectivity index (χ0) is 19.3. The van der Waals surface area contributed by atoms with Crippen LogP contribution in [0, 0.1) is 11.6 Å². The smallest absolute Gasteiger partial charge is 0.236 e. The van der Waals surface area contributed by atoms with E-state index in [2.05, 4.69) is 4.90 Å². The SMILES string of the molecule is O=C(CN1CCc2c(oc3c(F)cc(F)cc23)C1)N1CCN(C2CCC2)CC1. The molecular weight excluding hydrogens is 364 g/mol. The van der Waals surface area contributed by atoms with Gasteiger partial charge in [0, 0.05) is 55.8 Å². The van der Waals surface area contributed by atoms with Gasteiger partial charge in [-0.1, -0.05) is 6.42 Å². The van der Waals surface area contributed by atoms with Crippen molar-refractivity contribution in [1.29, 1.82) is 0 Å². The van der Waals surface area contributed by atoms with Crippen LogP contribution in [0.4, 0.5) is 8.78 Å². The standard InChI is InChI=1S/C21H25F2N3O2/c22-14-10-17-16-4-5-24(12-19(16)28-21(17)18(23)11-14)13-20(27)26-8-6-25(7-9-26)15-2-1-3-15/h10-11,15H,1-9,12-13H2. The van der Waals surface area contributed by atoms with Crippen molar-refractivity contribution in [2.75, 3.05) is 39.3 Å². The van der Waals surface area contributed by atoms with E-state index in [0.29, 0.717) is 37.2 Å². The van der Waals surface area contributed by atoms with Gasteiger partial charge >= 0.3 is 0 Å². The highest BCUT2D eigenvalue weighted by molar-refractivity contribution is 5.83. The third-order valence-corrected chi connectivity index (χ3v) is 6.56. The van der Waals surface area contributed by atoms with Crippen molar-refractivity contribution in [2.45, 2.75) is 38.3 Å². The Labute approximate surface area is 162 Å². The number of hydrogen-bond donors (Lipinski definition) is 0. The maximum atomic E-state index is 14.0. The lowest BCUT2D eigenvalue weighted by Gasteiger charge is -2.43. The summed E-state index contributed by atoms with van der Waals surface area (Å²) in [5, 5.41) is 0.519. The number of benzene rings is 1. The fraction of sp³-hybridized carbons (Fsp3) is 0.571. The van der Waals surface area contributed by atoms with Crippen molar-refractivity contribution >= 4 is 16.9 Å². The second kappa shape index (κ2) is 7.12. The summed E-state index contributed by atoms with van der Waals surface area (Å²) in [5.74, 6) is -0.470. The second-order valence-corrected chi connectivity index (χ2v) is 8.23. The van der Waals surface area contributed by atoms with Crippen LogP contribution in [0.5, 0.6) is 0 Å². The molecule has 1 amide bonds. The quantitative estimate of drug-likeness (QED) is 0.809. The summed E-state index contributed by atoms with van der Waals surface area (Å²) < 4.78 is 33.2. The van der Waals surface area contributed by atoms with E-state index in [4.69, 9.17) is 4.42 Å². The summed E-state index contributed by atoms with van der Waals surface area (Å²) >= 11 is 0. The van der Waals surface area contributed by atoms with Gasteiger partial charge in [0.1, 0.15) is 11.6 Å². The van der Waals surface area contributed by atoms with Gasteiger partial charge in [-0.3, -0.25) is 14.6 Å². The van der Waals surface area contributed by atoms with Crippen LogP contribution < -0.4 is 0 Å². The molecule has 0 spiro atoms. The van der Waals surface area contributed by atoms with Crippen LogP contribution in [0.15, 0.2) is 16.5 Å². The number of halogens is 2. The summed E-state index contributed by atoms with van der Waals surface area (Å²) in [6, 6.07) is 2.92. The molecule has 1 saturated carbocycles. The summed E-state index contributed by atoms with van der Waals surface area (Å²) in [4.78, 5) is 19.2. The molecule has 150 valence electrons. The Hall–Kier alpha value is -1.99. The van der Waals surface area contributed by atoms with E-state index in [0.717, 1.165) is 43.9 Å². The van der Waals surface area contributed by atoms with Crippen LogP contribution in [-0.4, -0.2) is 65.9 Å². The number of amides is 1. The molecule has 3 heterocycles. The highest BCUT2D eigenvalue weighted by atomic mass is 19.1. The average Bonchev–Trinajstić information content (AvgIpc) is 2.99. The van der Waals surface area contributed by atoms with Gasteiger partial charge in [-0.2, -0.15) is 0 Å². The first-order valence-corrected chi connectivity index (χ1v) is 10.2. The monoisotopic (exact) mass is 389 g/mol. The lowest BCUT2D eigenvalue weighted by molar-refractivity contribution is -0.135. The average molecular weight is 389 g/mol. The Bertz CT molecular complexity index is 901. The topological polar surface area (TPSA) is 39.9 Å². The van der Waals surface area contributed by atoms with Crippen molar-refractivity contribution in [3.8, 4) is 0 Å². The molecular formula is C21H25F2N3O2. The van der Waals surface area contributed by atoms with Crippen molar-refractivity contribution in [3.63, 3.8) is 0 Å². The van der Waals surface area contributed by atoms with Crippen LogP contribution in [-0.2, 0) is 17.8 Å². The number of hydrogen-bond acceptors (Lipinski definition) is 4. The fourth-order valence-electron chi connectivity index (χ4n) is 4.69. The maximum Gasteiger partial charge on any atom is 0.236 e. The summed E-state index contributed by atoms with van der Waals surface area (Å²) in [5.41, 5.74) is 0.984. The molecule has 1 aromatic carbocycles. The van der Waals surface area contributed by atoms with Crippen molar-refractivity contribution in [3.05, 3.63) is 35.1 Å². The third kappa shape index (κ3) is 3.20. The van der Waals surface area contributed by atoms with E-state index in [1.807, 2.05) is 9.80 Å². The Morgan fingerprint density at radius 2 is 1.89 bits per heavy atom. The van der Waals surface area contributed by atoms with Crippen LogP contribution in [0.25, 0.3) is 11.0 Å². The number of rotatable bonds is 3. The van der Waals surface area contributed by atoms with Crippen LogP contribution in [0.1, 0.15) is 30.6 Å². The van der Waals surface area contributed by atoms with Crippen LogP contribution in [0.3, 0.4) is 0 Å². The minimum absolute atomic E-state index is 0.117. The van der Waals surface area contributed by atoms with Crippen LogP contribution >= 0.6 is 0 Å². The molecule has 28 heavy (non-hydrogen) atoms. The molecule has 0 atom stereocenters. The predicted molar refractivity (Wildman–Crippen MR) is 101 cm³/mol. The van der Waals surface area contributed by atoms with Gasteiger partial charge in [-0.25, -0.2) is 8.78 Å².